The maximum Gasteiger partial charge on any atom is 0.239 e. The van der Waals surface area contributed by atoms with Gasteiger partial charge in [0.1, 0.15) is 0 Å². The van der Waals surface area contributed by atoms with Crippen molar-refractivity contribution in [3.8, 4) is 0 Å². The van der Waals surface area contributed by atoms with Gasteiger partial charge in [-0.05, 0) is 19.8 Å². The highest BCUT2D eigenvalue weighted by Gasteiger charge is 2.23. The minimum Gasteiger partial charge on any atom is -0.381 e. The summed E-state index contributed by atoms with van der Waals surface area (Å²) in [7, 11) is 0. The van der Waals surface area contributed by atoms with Gasteiger partial charge in [-0.15, -0.1) is 0 Å². The number of likely N-dealkylation sites (N-methyl/N-ethyl adjacent to an activating group) is 1. The van der Waals surface area contributed by atoms with Gasteiger partial charge in [0.15, 0.2) is 0 Å². The van der Waals surface area contributed by atoms with Gasteiger partial charge in [0, 0.05) is 25.6 Å². The monoisotopic (exact) mass is 214 g/mol. The highest BCUT2D eigenvalue weighted by atomic mass is 16.5. The van der Waals surface area contributed by atoms with Gasteiger partial charge < -0.3 is 15.4 Å². The lowest BCUT2D eigenvalue weighted by Crippen LogP contribution is -2.45. The van der Waals surface area contributed by atoms with Crippen molar-refractivity contribution in [3.05, 3.63) is 0 Å². The molecule has 1 amide bonds. The number of ether oxygens (including phenoxy) is 1. The molecule has 0 bridgehead atoms. The molecule has 4 nitrogen and oxygen atoms in total. The topological polar surface area (TPSA) is 55.6 Å². The van der Waals surface area contributed by atoms with E-state index in [1.54, 1.807) is 0 Å². The van der Waals surface area contributed by atoms with E-state index in [9.17, 15) is 4.79 Å². The van der Waals surface area contributed by atoms with Crippen molar-refractivity contribution in [1.29, 1.82) is 0 Å². The normalized spacial score (nSPS) is 22.7. The van der Waals surface area contributed by atoms with Crippen LogP contribution in [-0.4, -0.2) is 43.2 Å². The van der Waals surface area contributed by atoms with Crippen molar-refractivity contribution in [1.82, 2.24) is 4.90 Å². The lowest BCUT2D eigenvalue weighted by molar-refractivity contribution is -0.133. The van der Waals surface area contributed by atoms with Gasteiger partial charge in [-0.3, -0.25) is 4.79 Å². The van der Waals surface area contributed by atoms with E-state index in [1.165, 1.54) is 0 Å². The van der Waals surface area contributed by atoms with Crippen LogP contribution in [0.3, 0.4) is 0 Å². The minimum atomic E-state index is -0.340. The third-order valence-corrected chi connectivity index (χ3v) is 2.95. The number of hydrogen-bond donors (Lipinski definition) is 1. The molecule has 88 valence electrons. The zero-order valence-corrected chi connectivity index (χ0v) is 9.74. The second-order valence-electron chi connectivity index (χ2n) is 4.12. The molecule has 1 saturated heterocycles. The van der Waals surface area contributed by atoms with Crippen molar-refractivity contribution in [2.45, 2.75) is 32.7 Å². The van der Waals surface area contributed by atoms with E-state index in [1.807, 2.05) is 18.7 Å². The Balaban J connectivity index is 2.43. The fraction of sp³-hybridized carbons (Fsp3) is 0.909. The molecule has 0 aliphatic carbocycles. The molecule has 0 aromatic carbocycles. The molecule has 0 aromatic heterocycles. The lowest BCUT2D eigenvalue weighted by atomic mass is 10.1. The summed E-state index contributed by atoms with van der Waals surface area (Å²) < 4.78 is 5.30. The van der Waals surface area contributed by atoms with Crippen molar-refractivity contribution < 1.29 is 9.53 Å². The molecule has 1 fully saturated rings. The zero-order chi connectivity index (χ0) is 11.3. The van der Waals surface area contributed by atoms with E-state index in [0.29, 0.717) is 12.3 Å². The summed E-state index contributed by atoms with van der Waals surface area (Å²) in [6.45, 7) is 7.08. The van der Waals surface area contributed by atoms with Gasteiger partial charge in [0.2, 0.25) is 5.91 Å². The Morgan fingerprint density at radius 3 is 2.80 bits per heavy atom. The van der Waals surface area contributed by atoms with E-state index in [4.69, 9.17) is 10.5 Å². The molecule has 1 heterocycles. The van der Waals surface area contributed by atoms with Crippen LogP contribution in [0.2, 0.25) is 0 Å². The first-order valence-corrected chi connectivity index (χ1v) is 5.81. The van der Waals surface area contributed by atoms with Crippen LogP contribution in [0.4, 0.5) is 0 Å². The van der Waals surface area contributed by atoms with E-state index in [-0.39, 0.29) is 11.9 Å². The van der Waals surface area contributed by atoms with Gasteiger partial charge in [0.05, 0.1) is 12.6 Å². The predicted octanol–water partition coefficient (Wildman–Crippen LogP) is 0.609. The third-order valence-electron chi connectivity index (χ3n) is 2.95. The van der Waals surface area contributed by atoms with Gasteiger partial charge in [0.25, 0.3) is 0 Å². The highest BCUT2D eigenvalue weighted by Crippen LogP contribution is 2.14. The Labute approximate surface area is 91.8 Å². The summed E-state index contributed by atoms with van der Waals surface area (Å²) in [5.74, 6) is 0.574. The fourth-order valence-corrected chi connectivity index (χ4v) is 1.82. The first kappa shape index (κ1) is 12.5. The highest BCUT2D eigenvalue weighted by molar-refractivity contribution is 5.81. The maximum atomic E-state index is 11.9. The molecule has 1 rings (SSSR count). The summed E-state index contributed by atoms with van der Waals surface area (Å²) >= 11 is 0. The molecule has 1 aliphatic rings. The largest absolute Gasteiger partial charge is 0.381 e. The summed E-state index contributed by atoms with van der Waals surface area (Å²) in [6, 6.07) is -0.340. The van der Waals surface area contributed by atoms with Crippen LogP contribution in [0.5, 0.6) is 0 Å². The first-order valence-electron chi connectivity index (χ1n) is 5.81. The molecule has 0 aromatic rings. The molecule has 0 saturated carbocycles. The van der Waals surface area contributed by atoms with E-state index in [0.717, 1.165) is 32.7 Å². The second kappa shape index (κ2) is 6.08. The molecule has 2 N–H and O–H groups in total. The Kier molecular flexibility index (Phi) is 5.05. The number of hydrogen-bond acceptors (Lipinski definition) is 3. The van der Waals surface area contributed by atoms with Gasteiger partial charge in [-0.25, -0.2) is 0 Å². The Hall–Kier alpha value is -0.610. The number of rotatable bonds is 5. The van der Waals surface area contributed by atoms with Crippen LogP contribution >= 0.6 is 0 Å². The van der Waals surface area contributed by atoms with Gasteiger partial charge in [-0.1, -0.05) is 6.92 Å². The van der Waals surface area contributed by atoms with Crippen LogP contribution in [0, 0.1) is 5.92 Å². The molecule has 0 spiro atoms. The van der Waals surface area contributed by atoms with E-state index >= 15 is 0 Å². The third kappa shape index (κ3) is 3.47. The van der Waals surface area contributed by atoms with Crippen LogP contribution in [-0.2, 0) is 9.53 Å². The second-order valence-corrected chi connectivity index (χ2v) is 4.12. The van der Waals surface area contributed by atoms with Crippen LogP contribution < -0.4 is 5.73 Å². The van der Waals surface area contributed by atoms with Gasteiger partial charge in [-0.2, -0.15) is 0 Å². The predicted molar refractivity (Wildman–Crippen MR) is 59.4 cm³/mol. The van der Waals surface area contributed by atoms with Crippen molar-refractivity contribution in [3.63, 3.8) is 0 Å². The summed E-state index contributed by atoms with van der Waals surface area (Å²) in [5, 5.41) is 0. The number of nitrogens with two attached hydrogens (primary N) is 1. The SMILES string of the molecule is CC[C@@H](N)C(=O)N(CC)CC1CCOC1. The number of nitrogens with zero attached hydrogens (tertiary/aromatic N) is 1. The van der Waals surface area contributed by atoms with Crippen LogP contribution in [0.15, 0.2) is 0 Å². The van der Waals surface area contributed by atoms with Crippen molar-refractivity contribution in [2.24, 2.45) is 11.7 Å². The smallest absolute Gasteiger partial charge is 0.239 e. The van der Waals surface area contributed by atoms with Crippen molar-refractivity contribution in [2.75, 3.05) is 26.3 Å². The molecule has 15 heavy (non-hydrogen) atoms. The quantitative estimate of drug-likeness (QED) is 0.729. The van der Waals surface area contributed by atoms with Crippen LogP contribution in [0.25, 0.3) is 0 Å². The summed E-state index contributed by atoms with van der Waals surface area (Å²) in [6.07, 6.45) is 1.77. The number of amides is 1. The molecule has 4 heteroatoms. The maximum absolute atomic E-state index is 11.9. The van der Waals surface area contributed by atoms with E-state index in [2.05, 4.69) is 0 Å². The first-order chi connectivity index (χ1) is 7.19. The summed E-state index contributed by atoms with van der Waals surface area (Å²) in [4.78, 5) is 13.7. The molecule has 2 atom stereocenters. The number of carbonyl (C=O) groups excluding carboxylic acids is 1. The standard InChI is InChI=1S/C11H22N2O2/c1-3-10(12)11(14)13(4-2)7-9-5-6-15-8-9/h9-10H,3-8,12H2,1-2H3/t9?,10-/m1/s1. The fourth-order valence-electron chi connectivity index (χ4n) is 1.82. The zero-order valence-electron chi connectivity index (χ0n) is 9.74. The average Bonchev–Trinajstić information content (AvgIpc) is 2.76. The van der Waals surface area contributed by atoms with Gasteiger partial charge >= 0.3 is 0 Å². The molecular weight excluding hydrogens is 192 g/mol. The molecule has 0 radical (unpaired) electrons. The molecular formula is C11H22N2O2. The van der Waals surface area contributed by atoms with Crippen LogP contribution in [0.1, 0.15) is 26.7 Å². The van der Waals surface area contributed by atoms with Crippen molar-refractivity contribution >= 4 is 5.91 Å². The molecule has 1 unspecified atom stereocenters. The lowest BCUT2D eigenvalue weighted by Gasteiger charge is -2.26. The average molecular weight is 214 g/mol. The minimum absolute atomic E-state index is 0.0758. The summed E-state index contributed by atoms with van der Waals surface area (Å²) in [5.41, 5.74) is 5.74. The Morgan fingerprint density at radius 2 is 2.33 bits per heavy atom. The Bertz CT molecular complexity index is 203. The Morgan fingerprint density at radius 1 is 1.60 bits per heavy atom. The number of carbonyl (C=O) groups is 1. The van der Waals surface area contributed by atoms with E-state index < -0.39 is 0 Å². The molecule has 1 aliphatic heterocycles.